The van der Waals surface area contributed by atoms with Crippen molar-refractivity contribution in [2.45, 2.75) is 6.92 Å². The van der Waals surface area contributed by atoms with Crippen LogP contribution in [-0.4, -0.2) is 30.0 Å². The quantitative estimate of drug-likeness (QED) is 0.738. The second-order valence-corrected chi connectivity index (χ2v) is 3.22. The first-order chi connectivity index (χ1) is 6.74. The molecule has 1 rings (SSSR count). The van der Waals surface area contributed by atoms with Gasteiger partial charge < -0.3 is 10.1 Å². The summed E-state index contributed by atoms with van der Waals surface area (Å²) in [7, 11) is 0. The average Bonchev–Trinajstić information content (AvgIpc) is 2.67. The highest BCUT2D eigenvalue weighted by Gasteiger charge is 2.09. The van der Waals surface area contributed by atoms with Gasteiger partial charge >= 0.3 is 5.97 Å². The molecule has 14 heavy (non-hydrogen) atoms. The molecular weight excluding hydrogens is 204 g/mol. The standard InChI is InChI=1S/C8H10N2O3S/c1-2-13-6(11)5-10-7(12)8-9-3-4-14-8/h3-4H,2,5H2,1H3,(H,10,12). The summed E-state index contributed by atoms with van der Waals surface area (Å²) in [6.07, 6.45) is 1.53. The molecule has 0 spiro atoms. The van der Waals surface area contributed by atoms with Crippen molar-refractivity contribution < 1.29 is 14.3 Å². The van der Waals surface area contributed by atoms with Crippen LogP contribution in [0.3, 0.4) is 0 Å². The number of carbonyl (C=O) groups is 2. The molecule has 1 N–H and O–H groups in total. The van der Waals surface area contributed by atoms with Crippen LogP contribution in [0.25, 0.3) is 0 Å². The van der Waals surface area contributed by atoms with Gasteiger partial charge in [-0.05, 0) is 6.92 Å². The number of hydrogen-bond acceptors (Lipinski definition) is 5. The molecule has 0 aliphatic heterocycles. The van der Waals surface area contributed by atoms with Crippen LogP contribution in [0.2, 0.25) is 0 Å². The first-order valence-corrected chi connectivity index (χ1v) is 4.95. The van der Waals surface area contributed by atoms with Crippen LogP contribution in [0.15, 0.2) is 11.6 Å². The van der Waals surface area contributed by atoms with Crippen LogP contribution in [0.5, 0.6) is 0 Å². The summed E-state index contributed by atoms with van der Waals surface area (Å²) >= 11 is 1.22. The number of aromatic nitrogens is 1. The van der Waals surface area contributed by atoms with E-state index in [0.717, 1.165) is 0 Å². The highest BCUT2D eigenvalue weighted by molar-refractivity contribution is 7.11. The van der Waals surface area contributed by atoms with Crippen LogP contribution in [0.4, 0.5) is 0 Å². The molecule has 0 atom stereocenters. The summed E-state index contributed by atoms with van der Waals surface area (Å²) in [4.78, 5) is 25.9. The van der Waals surface area contributed by atoms with Crippen molar-refractivity contribution in [1.82, 2.24) is 10.3 Å². The topological polar surface area (TPSA) is 68.3 Å². The fourth-order valence-corrected chi connectivity index (χ4v) is 1.33. The summed E-state index contributed by atoms with van der Waals surface area (Å²) in [6.45, 7) is 1.90. The zero-order valence-corrected chi connectivity index (χ0v) is 8.47. The molecule has 0 bridgehead atoms. The van der Waals surface area contributed by atoms with Gasteiger partial charge in [0.25, 0.3) is 5.91 Å². The maximum Gasteiger partial charge on any atom is 0.325 e. The van der Waals surface area contributed by atoms with Crippen molar-refractivity contribution in [1.29, 1.82) is 0 Å². The number of nitrogens with zero attached hydrogens (tertiary/aromatic N) is 1. The van der Waals surface area contributed by atoms with Gasteiger partial charge in [-0.25, -0.2) is 4.98 Å². The van der Waals surface area contributed by atoms with E-state index in [9.17, 15) is 9.59 Å². The first-order valence-electron chi connectivity index (χ1n) is 4.07. The lowest BCUT2D eigenvalue weighted by atomic mass is 10.5. The summed E-state index contributed by atoms with van der Waals surface area (Å²) in [5, 5.41) is 4.44. The van der Waals surface area contributed by atoms with E-state index in [0.29, 0.717) is 11.6 Å². The molecule has 0 unspecified atom stereocenters. The molecule has 1 amide bonds. The Morgan fingerprint density at radius 3 is 3.00 bits per heavy atom. The Morgan fingerprint density at radius 2 is 2.43 bits per heavy atom. The van der Waals surface area contributed by atoms with Crippen LogP contribution in [0.1, 0.15) is 16.7 Å². The molecule has 0 aliphatic carbocycles. The third-order valence-corrected chi connectivity index (χ3v) is 2.10. The Kier molecular flexibility index (Phi) is 4.06. The fourth-order valence-electron chi connectivity index (χ4n) is 0.776. The monoisotopic (exact) mass is 214 g/mol. The third-order valence-electron chi connectivity index (χ3n) is 1.33. The van der Waals surface area contributed by atoms with Crippen molar-refractivity contribution in [3.8, 4) is 0 Å². The maximum atomic E-state index is 11.2. The molecule has 0 saturated carbocycles. The predicted octanol–water partition coefficient (Wildman–Crippen LogP) is 0.436. The number of hydrogen-bond donors (Lipinski definition) is 1. The molecule has 0 aromatic carbocycles. The van der Waals surface area contributed by atoms with Gasteiger partial charge in [0.1, 0.15) is 6.54 Å². The van der Waals surface area contributed by atoms with E-state index in [4.69, 9.17) is 0 Å². The van der Waals surface area contributed by atoms with Crippen molar-refractivity contribution in [2.24, 2.45) is 0 Å². The minimum atomic E-state index is -0.447. The second kappa shape index (κ2) is 5.33. The Bertz CT molecular complexity index is 310. The summed E-state index contributed by atoms with van der Waals surface area (Å²) in [6, 6.07) is 0. The highest BCUT2D eigenvalue weighted by atomic mass is 32.1. The smallest absolute Gasteiger partial charge is 0.325 e. The summed E-state index contributed by atoms with van der Waals surface area (Å²) < 4.78 is 4.64. The van der Waals surface area contributed by atoms with Gasteiger partial charge in [-0.15, -0.1) is 11.3 Å². The number of nitrogens with one attached hydrogen (secondary N) is 1. The van der Waals surface area contributed by atoms with Gasteiger partial charge in [-0.3, -0.25) is 9.59 Å². The van der Waals surface area contributed by atoms with Crippen molar-refractivity contribution in [2.75, 3.05) is 13.2 Å². The van der Waals surface area contributed by atoms with E-state index in [1.165, 1.54) is 17.5 Å². The Morgan fingerprint density at radius 1 is 1.64 bits per heavy atom. The Balaban J connectivity index is 2.32. The van der Waals surface area contributed by atoms with Crippen LogP contribution >= 0.6 is 11.3 Å². The molecule has 1 heterocycles. The van der Waals surface area contributed by atoms with Crippen molar-refractivity contribution >= 4 is 23.2 Å². The SMILES string of the molecule is CCOC(=O)CNC(=O)c1nccs1. The van der Waals surface area contributed by atoms with Gasteiger partial charge in [0.2, 0.25) is 0 Å². The molecular formula is C8H10N2O3S. The molecule has 1 aromatic heterocycles. The lowest BCUT2D eigenvalue weighted by Crippen LogP contribution is -2.30. The molecule has 76 valence electrons. The number of thiazole rings is 1. The fraction of sp³-hybridized carbons (Fsp3) is 0.375. The van der Waals surface area contributed by atoms with Gasteiger partial charge in [-0.1, -0.05) is 0 Å². The molecule has 1 aromatic rings. The largest absolute Gasteiger partial charge is 0.465 e. The second-order valence-electron chi connectivity index (χ2n) is 2.32. The van der Waals surface area contributed by atoms with E-state index >= 15 is 0 Å². The van der Waals surface area contributed by atoms with E-state index in [-0.39, 0.29) is 12.5 Å². The minimum Gasteiger partial charge on any atom is -0.465 e. The molecule has 0 fully saturated rings. The minimum absolute atomic E-state index is 0.119. The summed E-state index contributed by atoms with van der Waals surface area (Å²) in [5.41, 5.74) is 0. The number of rotatable bonds is 4. The molecule has 6 heteroatoms. The number of ether oxygens (including phenoxy) is 1. The highest BCUT2D eigenvalue weighted by Crippen LogP contribution is 2.02. The van der Waals surface area contributed by atoms with Crippen LogP contribution < -0.4 is 5.32 Å². The van der Waals surface area contributed by atoms with Crippen molar-refractivity contribution in [3.63, 3.8) is 0 Å². The molecule has 0 aliphatic rings. The predicted molar refractivity (Wildman–Crippen MR) is 51.1 cm³/mol. The van der Waals surface area contributed by atoms with E-state index < -0.39 is 5.97 Å². The number of esters is 1. The first kappa shape index (κ1) is 10.6. The molecule has 0 radical (unpaired) electrons. The zero-order valence-electron chi connectivity index (χ0n) is 7.65. The van der Waals surface area contributed by atoms with Gasteiger partial charge in [-0.2, -0.15) is 0 Å². The summed E-state index contributed by atoms with van der Waals surface area (Å²) in [5.74, 6) is -0.801. The van der Waals surface area contributed by atoms with E-state index in [1.807, 2.05) is 0 Å². The van der Waals surface area contributed by atoms with Gasteiger partial charge in [0.05, 0.1) is 6.61 Å². The molecule has 5 nitrogen and oxygen atoms in total. The normalized spacial score (nSPS) is 9.50. The zero-order chi connectivity index (χ0) is 10.4. The average molecular weight is 214 g/mol. The van der Waals surface area contributed by atoms with Gasteiger partial charge in [0, 0.05) is 11.6 Å². The maximum absolute atomic E-state index is 11.2. The third kappa shape index (κ3) is 3.14. The number of carbonyl (C=O) groups excluding carboxylic acids is 2. The Hall–Kier alpha value is -1.43. The van der Waals surface area contributed by atoms with Gasteiger partial charge in [0.15, 0.2) is 5.01 Å². The van der Waals surface area contributed by atoms with Crippen LogP contribution in [0, 0.1) is 0 Å². The Labute approximate surface area is 85.1 Å². The van der Waals surface area contributed by atoms with Crippen LogP contribution in [-0.2, 0) is 9.53 Å². The lowest BCUT2D eigenvalue weighted by Gasteiger charge is -2.02. The molecule has 0 saturated heterocycles. The van der Waals surface area contributed by atoms with E-state index in [2.05, 4.69) is 15.0 Å². The van der Waals surface area contributed by atoms with E-state index in [1.54, 1.807) is 12.3 Å². The number of amides is 1. The lowest BCUT2D eigenvalue weighted by molar-refractivity contribution is -0.141. The van der Waals surface area contributed by atoms with Crippen molar-refractivity contribution in [3.05, 3.63) is 16.6 Å².